The lowest BCUT2D eigenvalue weighted by atomic mass is 9.95. The summed E-state index contributed by atoms with van der Waals surface area (Å²) in [5.41, 5.74) is 1.30. The van der Waals surface area contributed by atoms with Crippen molar-refractivity contribution in [3.63, 3.8) is 0 Å². The fourth-order valence-electron chi connectivity index (χ4n) is 4.03. The van der Waals surface area contributed by atoms with Crippen LogP contribution < -0.4 is 9.64 Å². The topological polar surface area (TPSA) is 96.8 Å². The molecule has 0 bridgehead atoms. The van der Waals surface area contributed by atoms with Crippen molar-refractivity contribution in [2.75, 3.05) is 11.5 Å². The van der Waals surface area contributed by atoms with Crippen molar-refractivity contribution in [3.05, 3.63) is 80.8 Å². The molecule has 0 aliphatic carbocycles. The predicted molar refractivity (Wildman–Crippen MR) is 140 cm³/mol. The highest BCUT2D eigenvalue weighted by Gasteiger charge is 2.48. The van der Waals surface area contributed by atoms with Crippen LogP contribution in [-0.2, 0) is 9.59 Å². The van der Waals surface area contributed by atoms with Gasteiger partial charge in [0.1, 0.15) is 11.5 Å². The van der Waals surface area contributed by atoms with Crippen LogP contribution in [0.3, 0.4) is 0 Å². The van der Waals surface area contributed by atoms with Gasteiger partial charge in [-0.2, -0.15) is 0 Å². The number of hydrogen-bond donors (Lipinski definition) is 1. The summed E-state index contributed by atoms with van der Waals surface area (Å²) in [5.74, 6) is -1.61. The van der Waals surface area contributed by atoms with Gasteiger partial charge in [0.25, 0.3) is 5.78 Å². The maximum absolute atomic E-state index is 13.3. The monoisotopic (exact) mass is 524 g/mol. The number of aliphatic hydroxyl groups is 1. The summed E-state index contributed by atoms with van der Waals surface area (Å²) in [6, 6.07) is 12.4. The van der Waals surface area contributed by atoms with Crippen molar-refractivity contribution < 1.29 is 24.2 Å². The smallest absolute Gasteiger partial charge is 0.301 e. The highest BCUT2D eigenvalue weighted by atomic mass is 35.5. The molecule has 2 heterocycles. The second-order valence-electron chi connectivity index (χ2n) is 8.42. The number of rotatable bonds is 8. The van der Waals surface area contributed by atoms with E-state index in [1.807, 2.05) is 0 Å². The number of ketones is 2. The first-order chi connectivity index (χ1) is 17.2. The number of thiazole rings is 1. The Labute approximate surface area is 218 Å². The Hall–Kier alpha value is -3.49. The number of aryl methyl sites for hydroxylation is 1. The van der Waals surface area contributed by atoms with Gasteiger partial charge >= 0.3 is 5.91 Å². The summed E-state index contributed by atoms with van der Waals surface area (Å²) in [4.78, 5) is 44.8. The fourth-order valence-corrected chi connectivity index (χ4v) is 5.14. The lowest BCUT2D eigenvalue weighted by molar-refractivity contribution is -0.132. The molecule has 4 rings (SSSR count). The van der Waals surface area contributed by atoms with Crippen LogP contribution in [0.5, 0.6) is 5.75 Å². The molecular weight excluding hydrogens is 500 g/mol. The molecule has 1 aliphatic heterocycles. The third-order valence-electron chi connectivity index (χ3n) is 5.81. The second kappa shape index (κ2) is 10.6. The summed E-state index contributed by atoms with van der Waals surface area (Å²) in [7, 11) is 0. The van der Waals surface area contributed by atoms with Crippen molar-refractivity contribution in [1.29, 1.82) is 0 Å². The number of unbranched alkanes of at least 4 members (excludes halogenated alkanes) is 1. The lowest BCUT2D eigenvalue weighted by Crippen LogP contribution is -2.29. The molecule has 186 valence electrons. The number of aliphatic hydroxyl groups excluding tert-OH is 1. The molecule has 9 heteroatoms. The van der Waals surface area contributed by atoms with Gasteiger partial charge in [0.15, 0.2) is 10.9 Å². The minimum atomic E-state index is -0.972. The Morgan fingerprint density at radius 3 is 2.56 bits per heavy atom. The van der Waals surface area contributed by atoms with E-state index in [0.717, 1.165) is 24.2 Å². The minimum Gasteiger partial charge on any atom is -0.507 e. The molecule has 1 amide bonds. The Morgan fingerprint density at radius 1 is 1.19 bits per heavy atom. The van der Waals surface area contributed by atoms with Crippen molar-refractivity contribution in [1.82, 2.24) is 4.98 Å². The first-order valence-corrected chi connectivity index (χ1v) is 12.7. The minimum absolute atomic E-state index is 0.0785. The van der Waals surface area contributed by atoms with Crippen molar-refractivity contribution in [3.8, 4) is 5.75 Å². The maximum atomic E-state index is 13.3. The largest absolute Gasteiger partial charge is 0.507 e. The Bertz CT molecular complexity index is 1360. The molecule has 36 heavy (non-hydrogen) atoms. The first-order valence-electron chi connectivity index (χ1n) is 11.5. The van der Waals surface area contributed by atoms with Gasteiger partial charge in [0.05, 0.1) is 28.8 Å². The number of hydrogen-bond acceptors (Lipinski definition) is 7. The third-order valence-corrected chi connectivity index (χ3v) is 7.32. The molecule has 7 nitrogen and oxygen atoms in total. The van der Waals surface area contributed by atoms with Crippen LogP contribution in [0.1, 0.15) is 59.2 Å². The van der Waals surface area contributed by atoms with Crippen LogP contribution in [0.4, 0.5) is 5.13 Å². The van der Waals surface area contributed by atoms with Gasteiger partial charge in [-0.15, -0.1) is 0 Å². The van der Waals surface area contributed by atoms with Gasteiger partial charge in [-0.05, 0) is 55.3 Å². The van der Waals surface area contributed by atoms with E-state index in [1.54, 1.807) is 55.5 Å². The molecule has 1 aliphatic rings. The van der Waals surface area contributed by atoms with Crippen molar-refractivity contribution in [2.24, 2.45) is 0 Å². The molecule has 1 fully saturated rings. The first kappa shape index (κ1) is 25.6. The zero-order chi connectivity index (χ0) is 26.0. The summed E-state index contributed by atoms with van der Waals surface area (Å²) >= 11 is 7.03. The number of anilines is 1. The number of nitrogens with zero attached hydrogens (tertiary/aromatic N) is 2. The number of aromatic nitrogens is 1. The number of halogens is 1. The van der Waals surface area contributed by atoms with Crippen LogP contribution in [0.2, 0.25) is 5.02 Å². The van der Waals surface area contributed by atoms with E-state index >= 15 is 0 Å². The van der Waals surface area contributed by atoms with E-state index in [0.29, 0.717) is 39.1 Å². The Balaban J connectivity index is 1.89. The number of ether oxygens (including phenoxy) is 1. The highest BCUT2D eigenvalue weighted by Crippen LogP contribution is 2.44. The van der Waals surface area contributed by atoms with Crippen LogP contribution >= 0.6 is 22.9 Å². The molecule has 3 aromatic rings. The zero-order valence-electron chi connectivity index (χ0n) is 20.1. The molecule has 0 spiro atoms. The average molecular weight is 525 g/mol. The van der Waals surface area contributed by atoms with E-state index in [4.69, 9.17) is 16.3 Å². The summed E-state index contributed by atoms with van der Waals surface area (Å²) in [6.45, 7) is 5.69. The van der Waals surface area contributed by atoms with Crippen LogP contribution in [0.15, 0.2) is 54.1 Å². The van der Waals surface area contributed by atoms with Crippen molar-refractivity contribution >= 4 is 51.3 Å². The summed E-state index contributed by atoms with van der Waals surface area (Å²) < 4.78 is 5.85. The zero-order valence-corrected chi connectivity index (χ0v) is 21.7. The van der Waals surface area contributed by atoms with E-state index in [1.165, 1.54) is 11.8 Å². The number of carbonyl (C=O) groups excluding carboxylic acids is 3. The molecule has 1 atom stereocenters. The van der Waals surface area contributed by atoms with Crippen LogP contribution in [0, 0.1) is 6.92 Å². The predicted octanol–water partition coefficient (Wildman–Crippen LogP) is 6.11. The number of Topliss-reactive ketones (excluding diaryl/α,β-unsaturated/α-hetero) is 2. The molecular formula is C27H25ClN2O5S. The second-order valence-corrected chi connectivity index (χ2v) is 9.83. The quantitative estimate of drug-likeness (QED) is 0.125. The maximum Gasteiger partial charge on any atom is 0.301 e. The van der Waals surface area contributed by atoms with E-state index in [-0.39, 0.29) is 22.2 Å². The van der Waals surface area contributed by atoms with Crippen molar-refractivity contribution in [2.45, 2.75) is 39.7 Å². The van der Waals surface area contributed by atoms with Gasteiger partial charge in [-0.1, -0.05) is 48.4 Å². The van der Waals surface area contributed by atoms with Crippen LogP contribution in [-0.4, -0.2) is 34.2 Å². The number of amides is 1. The average Bonchev–Trinajstić information content (AvgIpc) is 3.36. The highest BCUT2D eigenvalue weighted by molar-refractivity contribution is 7.18. The van der Waals surface area contributed by atoms with E-state index in [2.05, 4.69) is 11.9 Å². The Kier molecular flexibility index (Phi) is 7.56. The summed E-state index contributed by atoms with van der Waals surface area (Å²) in [5, 5.41) is 11.9. The van der Waals surface area contributed by atoms with E-state index in [9.17, 15) is 19.5 Å². The molecule has 1 saturated heterocycles. The standard InChI is InChI=1S/C27H25ClN2O5S/c1-4-5-13-35-20-8-6-7-18(14-20)22-21(23(32)17-9-11-19(28)12-10-17)24(33)26(34)30(22)27-29-15(2)25(36-27)16(3)31/h6-12,14,22,32H,4-5,13H2,1-3H3/b23-21+. The van der Waals surface area contributed by atoms with Gasteiger partial charge in [-0.3, -0.25) is 19.3 Å². The molecule has 0 saturated carbocycles. The normalized spacial score (nSPS) is 17.0. The Morgan fingerprint density at radius 2 is 1.92 bits per heavy atom. The van der Waals surface area contributed by atoms with Gasteiger partial charge in [-0.25, -0.2) is 4.98 Å². The van der Waals surface area contributed by atoms with Gasteiger partial charge < -0.3 is 9.84 Å². The number of benzene rings is 2. The molecule has 1 N–H and O–H groups in total. The number of carbonyl (C=O) groups is 3. The van der Waals surface area contributed by atoms with Gasteiger partial charge in [0, 0.05) is 17.5 Å². The van der Waals surface area contributed by atoms with Gasteiger partial charge in [0.2, 0.25) is 0 Å². The van der Waals surface area contributed by atoms with Crippen LogP contribution in [0.25, 0.3) is 5.76 Å². The van der Waals surface area contributed by atoms with E-state index < -0.39 is 17.7 Å². The molecule has 0 radical (unpaired) electrons. The molecule has 1 aromatic heterocycles. The summed E-state index contributed by atoms with van der Waals surface area (Å²) in [6.07, 6.45) is 1.86. The lowest BCUT2D eigenvalue weighted by Gasteiger charge is -2.23. The third kappa shape index (κ3) is 4.92. The molecule has 2 aromatic carbocycles. The fraction of sp³-hybridized carbons (Fsp3) is 0.259. The molecule has 1 unspecified atom stereocenters. The SMILES string of the molecule is CCCCOc1cccc(C2/C(=C(\O)c3ccc(Cl)cc3)C(=O)C(=O)N2c2nc(C)c(C(C)=O)s2)c1.